The Labute approximate surface area is 158 Å². The van der Waals surface area contributed by atoms with Crippen LogP contribution in [0.3, 0.4) is 0 Å². The second kappa shape index (κ2) is 11.1. The molecule has 2 rings (SSSR count). The van der Waals surface area contributed by atoms with E-state index >= 15 is 0 Å². The van der Waals surface area contributed by atoms with Crippen molar-refractivity contribution < 1.29 is 4.92 Å². The molecule has 7 heteroatoms. The van der Waals surface area contributed by atoms with Gasteiger partial charge in [0.25, 0.3) is 5.69 Å². The molecule has 0 radical (unpaired) electrons. The first kappa shape index (κ1) is 19.8. The molecule has 0 unspecified atom stereocenters. The number of nitrogens with one attached hydrogen (secondary N) is 2. The maximum absolute atomic E-state index is 10.7. The quantitative estimate of drug-likeness (QED) is 0.231. The summed E-state index contributed by atoms with van der Waals surface area (Å²) in [6.45, 7) is 2.00. The number of hydrogen-bond acceptors (Lipinski definition) is 4. The van der Waals surface area contributed by atoms with Crippen molar-refractivity contribution in [2.75, 3.05) is 18.6 Å². The molecule has 2 N–H and O–H groups in total. The lowest BCUT2D eigenvalue weighted by Crippen LogP contribution is -2.37. The lowest BCUT2D eigenvalue weighted by atomic mass is 10.2. The molecule has 0 bridgehead atoms. The van der Waals surface area contributed by atoms with Crippen LogP contribution in [0.15, 0.2) is 59.6 Å². The van der Waals surface area contributed by atoms with Crippen LogP contribution < -0.4 is 10.6 Å². The second-order valence-electron chi connectivity index (χ2n) is 5.70. The Balaban J connectivity index is 1.94. The fourth-order valence-electron chi connectivity index (χ4n) is 2.27. The molecule has 0 saturated carbocycles. The van der Waals surface area contributed by atoms with Gasteiger partial charge in [-0.3, -0.25) is 10.1 Å². The number of rotatable bonds is 9. The largest absolute Gasteiger partial charge is 0.356 e. The third kappa shape index (κ3) is 7.14. The van der Waals surface area contributed by atoms with Crippen LogP contribution in [0.1, 0.15) is 17.5 Å². The standard InChI is InChI=1S/C19H24N4O2S/c1-26-13-5-12-20-19(21-14-16-6-3-2-4-7-16)22-15-17-8-10-18(11-9-17)23(24)25/h2-4,6-11H,5,12-15H2,1H3,(H2,20,21,22). The smallest absolute Gasteiger partial charge is 0.269 e. The van der Waals surface area contributed by atoms with Crippen molar-refractivity contribution in [3.05, 3.63) is 75.8 Å². The molecule has 0 heterocycles. The lowest BCUT2D eigenvalue weighted by molar-refractivity contribution is -0.384. The summed E-state index contributed by atoms with van der Waals surface area (Å²) in [5.74, 6) is 1.84. The lowest BCUT2D eigenvalue weighted by Gasteiger charge is -2.13. The highest BCUT2D eigenvalue weighted by atomic mass is 32.2. The number of hydrogen-bond donors (Lipinski definition) is 2. The summed E-state index contributed by atoms with van der Waals surface area (Å²) in [6.07, 6.45) is 3.15. The summed E-state index contributed by atoms with van der Waals surface area (Å²) >= 11 is 1.82. The van der Waals surface area contributed by atoms with E-state index in [0.717, 1.165) is 35.8 Å². The van der Waals surface area contributed by atoms with Crippen molar-refractivity contribution in [1.82, 2.24) is 10.6 Å². The SMILES string of the molecule is CSCCCNC(=NCc1ccccc1)NCc1ccc([N+](=O)[O-])cc1. The van der Waals surface area contributed by atoms with Gasteiger partial charge in [0.05, 0.1) is 11.5 Å². The average molecular weight is 372 g/mol. The van der Waals surface area contributed by atoms with Crippen LogP contribution in [0, 0.1) is 10.1 Å². The summed E-state index contributed by atoms with van der Waals surface area (Å²) in [6, 6.07) is 16.6. The first-order chi connectivity index (χ1) is 12.7. The molecule has 2 aromatic rings. The van der Waals surface area contributed by atoms with Gasteiger partial charge in [0.15, 0.2) is 5.96 Å². The maximum Gasteiger partial charge on any atom is 0.269 e. The minimum Gasteiger partial charge on any atom is -0.356 e. The normalized spacial score (nSPS) is 11.2. The fourth-order valence-corrected chi connectivity index (χ4v) is 2.71. The predicted molar refractivity (Wildman–Crippen MR) is 109 cm³/mol. The van der Waals surface area contributed by atoms with E-state index in [2.05, 4.69) is 21.9 Å². The van der Waals surface area contributed by atoms with Gasteiger partial charge in [-0.25, -0.2) is 4.99 Å². The van der Waals surface area contributed by atoms with E-state index in [4.69, 9.17) is 0 Å². The molecule has 0 saturated heterocycles. The molecule has 26 heavy (non-hydrogen) atoms. The summed E-state index contributed by atoms with van der Waals surface area (Å²) in [4.78, 5) is 15.0. The topological polar surface area (TPSA) is 79.6 Å². The van der Waals surface area contributed by atoms with Crippen LogP contribution in [0.25, 0.3) is 0 Å². The molecule has 0 fully saturated rings. The van der Waals surface area contributed by atoms with E-state index in [1.165, 1.54) is 12.1 Å². The van der Waals surface area contributed by atoms with Crippen molar-refractivity contribution >= 4 is 23.4 Å². The van der Waals surface area contributed by atoms with Crippen molar-refractivity contribution in [3.63, 3.8) is 0 Å². The van der Waals surface area contributed by atoms with Gasteiger partial charge >= 0.3 is 0 Å². The Bertz CT molecular complexity index is 705. The van der Waals surface area contributed by atoms with Crippen molar-refractivity contribution in [2.45, 2.75) is 19.5 Å². The Morgan fingerprint density at radius 2 is 1.81 bits per heavy atom. The first-order valence-electron chi connectivity index (χ1n) is 8.47. The van der Waals surface area contributed by atoms with Crippen LogP contribution in [0.2, 0.25) is 0 Å². The van der Waals surface area contributed by atoms with Gasteiger partial charge in [-0.2, -0.15) is 11.8 Å². The van der Waals surface area contributed by atoms with Crippen molar-refractivity contribution in [1.29, 1.82) is 0 Å². The van der Waals surface area contributed by atoms with Crippen LogP contribution in [-0.2, 0) is 13.1 Å². The molecule has 0 atom stereocenters. The monoisotopic (exact) mass is 372 g/mol. The second-order valence-corrected chi connectivity index (χ2v) is 6.69. The van der Waals surface area contributed by atoms with Gasteiger partial charge in [0.2, 0.25) is 0 Å². The Morgan fingerprint density at radius 3 is 2.46 bits per heavy atom. The summed E-state index contributed by atoms with van der Waals surface area (Å²) in [7, 11) is 0. The number of nitrogens with zero attached hydrogens (tertiary/aromatic N) is 2. The molecule has 2 aromatic carbocycles. The first-order valence-corrected chi connectivity index (χ1v) is 9.87. The molecule has 0 aromatic heterocycles. The van der Waals surface area contributed by atoms with E-state index in [9.17, 15) is 10.1 Å². The number of non-ortho nitro benzene ring substituents is 1. The zero-order chi connectivity index (χ0) is 18.6. The van der Waals surface area contributed by atoms with E-state index in [1.54, 1.807) is 12.1 Å². The van der Waals surface area contributed by atoms with Crippen molar-refractivity contribution in [2.24, 2.45) is 4.99 Å². The average Bonchev–Trinajstić information content (AvgIpc) is 2.67. The number of thioether (sulfide) groups is 1. The zero-order valence-corrected chi connectivity index (χ0v) is 15.7. The zero-order valence-electron chi connectivity index (χ0n) is 14.9. The minimum atomic E-state index is -0.392. The highest BCUT2D eigenvalue weighted by molar-refractivity contribution is 7.98. The van der Waals surface area contributed by atoms with Gasteiger partial charge in [0.1, 0.15) is 0 Å². The summed E-state index contributed by atoms with van der Waals surface area (Å²) < 4.78 is 0. The molecule has 0 aliphatic heterocycles. The molecule has 6 nitrogen and oxygen atoms in total. The van der Waals surface area contributed by atoms with E-state index in [1.807, 2.05) is 42.1 Å². The van der Waals surface area contributed by atoms with Gasteiger partial charge in [-0.05, 0) is 29.6 Å². The third-order valence-corrected chi connectivity index (χ3v) is 4.38. The molecular weight excluding hydrogens is 348 g/mol. The molecule has 138 valence electrons. The van der Waals surface area contributed by atoms with E-state index < -0.39 is 4.92 Å². The van der Waals surface area contributed by atoms with Crippen LogP contribution in [-0.4, -0.2) is 29.4 Å². The number of nitro benzene ring substituents is 1. The Morgan fingerprint density at radius 1 is 1.08 bits per heavy atom. The third-order valence-electron chi connectivity index (χ3n) is 3.69. The highest BCUT2D eigenvalue weighted by Crippen LogP contribution is 2.11. The summed E-state index contributed by atoms with van der Waals surface area (Å²) in [5.41, 5.74) is 2.21. The van der Waals surface area contributed by atoms with Gasteiger partial charge in [0, 0.05) is 25.2 Å². The molecular formula is C19H24N4O2S. The predicted octanol–water partition coefficient (Wildman–Crippen LogP) is 3.58. The minimum absolute atomic E-state index is 0.0990. The number of guanidine groups is 1. The van der Waals surface area contributed by atoms with Gasteiger partial charge in [-0.1, -0.05) is 42.5 Å². The van der Waals surface area contributed by atoms with E-state index in [-0.39, 0.29) is 5.69 Å². The molecule has 0 spiro atoms. The Hall–Kier alpha value is -2.54. The maximum atomic E-state index is 10.7. The van der Waals surface area contributed by atoms with Gasteiger partial charge < -0.3 is 10.6 Å². The fraction of sp³-hybridized carbons (Fsp3) is 0.316. The number of aliphatic imine (C=N–C) groups is 1. The Kier molecular flexibility index (Phi) is 8.48. The molecule has 0 amide bonds. The molecule has 0 aliphatic carbocycles. The highest BCUT2D eigenvalue weighted by Gasteiger charge is 2.05. The molecule has 0 aliphatic rings. The van der Waals surface area contributed by atoms with E-state index in [0.29, 0.717) is 13.1 Å². The number of nitro groups is 1. The van der Waals surface area contributed by atoms with Crippen LogP contribution >= 0.6 is 11.8 Å². The number of benzene rings is 2. The van der Waals surface area contributed by atoms with Crippen molar-refractivity contribution in [3.8, 4) is 0 Å². The summed E-state index contributed by atoms with van der Waals surface area (Å²) in [5, 5.41) is 17.4. The van der Waals surface area contributed by atoms with Gasteiger partial charge in [-0.15, -0.1) is 0 Å². The van der Waals surface area contributed by atoms with Crippen LogP contribution in [0.5, 0.6) is 0 Å². The van der Waals surface area contributed by atoms with Crippen LogP contribution in [0.4, 0.5) is 5.69 Å².